The van der Waals surface area contributed by atoms with E-state index in [9.17, 15) is 4.79 Å². The van der Waals surface area contributed by atoms with Gasteiger partial charge >= 0.3 is 6.03 Å². The van der Waals surface area contributed by atoms with Crippen LogP contribution in [0.2, 0.25) is 0 Å². The van der Waals surface area contributed by atoms with Gasteiger partial charge in [-0.05, 0) is 31.9 Å². The van der Waals surface area contributed by atoms with Gasteiger partial charge in [0.2, 0.25) is 0 Å². The van der Waals surface area contributed by atoms with Crippen LogP contribution in [0.25, 0.3) is 0 Å². The number of carbonyl (C=O) groups is 1. The van der Waals surface area contributed by atoms with Crippen molar-refractivity contribution >= 4 is 6.03 Å². The van der Waals surface area contributed by atoms with E-state index in [1.165, 1.54) is 18.7 Å². The molecule has 2 heterocycles. The number of hydrogen-bond donors (Lipinski definition) is 2. The minimum atomic E-state index is -0.174. The number of para-hydroxylation sites is 1. The highest BCUT2D eigenvalue weighted by Crippen LogP contribution is 2.14. The normalized spacial score (nSPS) is 14.4. The average Bonchev–Trinajstić information content (AvgIpc) is 3.03. The zero-order chi connectivity index (χ0) is 17.5. The van der Waals surface area contributed by atoms with E-state index in [0.29, 0.717) is 13.1 Å². The predicted octanol–water partition coefficient (Wildman–Crippen LogP) is 2.53. The lowest BCUT2D eigenvalue weighted by molar-refractivity contribution is 0.208. The van der Waals surface area contributed by atoms with Crippen LogP contribution in [0, 0.1) is 0 Å². The zero-order valence-electron chi connectivity index (χ0n) is 14.7. The first-order valence-electron chi connectivity index (χ1n) is 8.99. The first-order chi connectivity index (χ1) is 12.2. The molecular formula is C19H26N4O2. The Balaban J connectivity index is 1.33. The number of rotatable bonds is 7. The van der Waals surface area contributed by atoms with Crippen molar-refractivity contribution in [1.29, 1.82) is 0 Å². The first kappa shape index (κ1) is 17.3. The Morgan fingerprint density at radius 1 is 1.28 bits per heavy atom. The van der Waals surface area contributed by atoms with Crippen molar-refractivity contribution in [2.24, 2.45) is 0 Å². The maximum atomic E-state index is 11.9. The van der Waals surface area contributed by atoms with Crippen LogP contribution in [-0.4, -0.2) is 34.8 Å². The van der Waals surface area contributed by atoms with E-state index in [1.807, 2.05) is 37.3 Å². The van der Waals surface area contributed by atoms with E-state index in [-0.39, 0.29) is 12.1 Å². The van der Waals surface area contributed by atoms with Gasteiger partial charge in [-0.3, -0.25) is 0 Å². The Morgan fingerprint density at radius 3 is 2.92 bits per heavy atom. The number of nitrogens with zero attached hydrogens (tertiary/aromatic N) is 2. The summed E-state index contributed by atoms with van der Waals surface area (Å²) < 4.78 is 7.97. The lowest BCUT2D eigenvalue weighted by Gasteiger charge is -2.15. The monoisotopic (exact) mass is 342 g/mol. The van der Waals surface area contributed by atoms with Gasteiger partial charge in [-0.25, -0.2) is 9.78 Å². The molecule has 2 N–H and O–H groups in total. The Morgan fingerprint density at radius 2 is 2.12 bits per heavy atom. The number of aromatic nitrogens is 2. The predicted molar refractivity (Wildman–Crippen MR) is 96.8 cm³/mol. The second kappa shape index (κ2) is 8.55. The topological polar surface area (TPSA) is 68.2 Å². The zero-order valence-corrected chi connectivity index (χ0v) is 14.7. The summed E-state index contributed by atoms with van der Waals surface area (Å²) >= 11 is 0. The molecule has 1 atom stereocenters. The number of benzene rings is 1. The number of fused-ring (bicyclic) bond motifs is 1. The number of imidazole rings is 1. The van der Waals surface area contributed by atoms with E-state index in [4.69, 9.17) is 4.74 Å². The third kappa shape index (κ3) is 5.24. The number of hydrogen-bond acceptors (Lipinski definition) is 3. The fourth-order valence-electron chi connectivity index (χ4n) is 2.97. The van der Waals surface area contributed by atoms with Crippen molar-refractivity contribution in [2.45, 2.75) is 45.3 Å². The van der Waals surface area contributed by atoms with Crippen LogP contribution in [0.4, 0.5) is 4.79 Å². The van der Waals surface area contributed by atoms with Crippen molar-refractivity contribution < 1.29 is 9.53 Å². The quantitative estimate of drug-likeness (QED) is 0.812. The van der Waals surface area contributed by atoms with Crippen LogP contribution in [0.3, 0.4) is 0 Å². The SMILES string of the molecule is C[C@H](CNC(=O)NCCc1cn2c(n1)CCCC2)Oc1ccccc1. The molecule has 3 rings (SSSR count). The number of urea groups is 1. The minimum Gasteiger partial charge on any atom is -0.489 e. The number of carbonyl (C=O) groups excluding carboxylic acids is 1. The van der Waals surface area contributed by atoms with Gasteiger partial charge in [-0.1, -0.05) is 18.2 Å². The highest BCUT2D eigenvalue weighted by atomic mass is 16.5. The molecule has 0 fully saturated rings. The molecule has 1 aromatic carbocycles. The van der Waals surface area contributed by atoms with Crippen molar-refractivity contribution in [1.82, 2.24) is 20.2 Å². The van der Waals surface area contributed by atoms with Gasteiger partial charge in [-0.2, -0.15) is 0 Å². The molecule has 134 valence electrons. The Hall–Kier alpha value is -2.50. The molecule has 0 bridgehead atoms. The Kier molecular flexibility index (Phi) is 5.93. The highest BCUT2D eigenvalue weighted by molar-refractivity contribution is 5.73. The molecule has 0 radical (unpaired) electrons. The van der Waals surface area contributed by atoms with Crippen LogP contribution in [-0.2, 0) is 19.4 Å². The number of aryl methyl sites for hydroxylation is 2. The largest absolute Gasteiger partial charge is 0.489 e. The molecule has 6 nitrogen and oxygen atoms in total. The van der Waals surface area contributed by atoms with E-state index in [2.05, 4.69) is 26.4 Å². The van der Waals surface area contributed by atoms with E-state index in [1.54, 1.807) is 0 Å². The van der Waals surface area contributed by atoms with Crippen LogP contribution in [0.1, 0.15) is 31.3 Å². The van der Waals surface area contributed by atoms with Gasteiger partial charge in [0.1, 0.15) is 17.7 Å². The smallest absolute Gasteiger partial charge is 0.314 e. The van der Waals surface area contributed by atoms with Gasteiger partial charge < -0.3 is 19.9 Å². The van der Waals surface area contributed by atoms with Crippen molar-refractivity contribution in [3.8, 4) is 5.75 Å². The standard InChI is InChI=1S/C19H26N4O2/c1-15(25-17-7-3-2-4-8-17)13-21-19(24)20-11-10-16-14-23-12-6-5-9-18(23)22-16/h2-4,7-8,14-15H,5-6,9-13H2,1H3,(H2,20,21,24)/t15-/m1/s1. The van der Waals surface area contributed by atoms with Gasteiger partial charge in [0.05, 0.1) is 12.2 Å². The summed E-state index contributed by atoms with van der Waals surface area (Å²) in [5, 5.41) is 5.71. The van der Waals surface area contributed by atoms with Crippen molar-refractivity contribution in [3.05, 3.63) is 48.0 Å². The number of amides is 2. The molecule has 2 aromatic rings. The molecule has 2 amide bonds. The highest BCUT2D eigenvalue weighted by Gasteiger charge is 2.12. The summed E-state index contributed by atoms with van der Waals surface area (Å²) in [6, 6.07) is 9.43. The second-order valence-corrected chi connectivity index (χ2v) is 6.43. The Bertz CT molecular complexity index is 660. The van der Waals surface area contributed by atoms with Gasteiger partial charge in [-0.15, -0.1) is 0 Å². The third-order valence-corrected chi connectivity index (χ3v) is 4.26. The fourth-order valence-corrected chi connectivity index (χ4v) is 2.97. The van der Waals surface area contributed by atoms with Crippen molar-refractivity contribution in [2.75, 3.05) is 13.1 Å². The lowest BCUT2D eigenvalue weighted by Crippen LogP contribution is -2.41. The molecule has 6 heteroatoms. The molecule has 0 saturated carbocycles. The molecule has 0 unspecified atom stereocenters. The summed E-state index contributed by atoms with van der Waals surface area (Å²) in [6.45, 7) is 4.04. The maximum absolute atomic E-state index is 11.9. The molecule has 1 aliphatic rings. The van der Waals surface area contributed by atoms with Crippen LogP contribution in [0.15, 0.2) is 36.5 Å². The van der Waals surface area contributed by atoms with E-state index >= 15 is 0 Å². The van der Waals surface area contributed by atoms with Crippen LogP contribution in [0.5, 0.6) is 5.75 Å². The molecular weight excluding hydrogens is 316 g/mol. The summed E-state index contributed by atoms with van der Waals surface area (Å²) in [7, 11) is 0. The maximum Gasteiger partial charge on any atom is 0.314 e. The molecule has 0 saturated heterocycles. The number of nitrogens with one attached hydrogen (secondary N) is 2. The summed E-state index contributed by atoms with van der Waals surface area (Å²) in [4.78, 5) is 16.5. The average molecular weight is 342 g/mol. The second-order valence-electron chi connectivity index (χ2n) is 6.43. The third-order valence-electron chi connectivity index (χ3n) is 4.26. The molecule has 1 aliphatic heterocycles. The van der Waals surface area contributed by atoms with Gasteiger partial charge in [0.25, 0.3) is 0 Å². The van der Waals surface area contributed by atoms with Gasteiger partial charge in [0, 0.05) is 32.1 Å². The molecule has 0 aliphatic carbocycles. The molecule has 0 spiro atoms. The summed E-state index contributed by atoms with van der Waals surface area (Å²) in [5.74, 6) is 1.98. The van der Waals surface area contributed by atoms with E-state index < -0.39 is 0 Å². The fraction of sp³-hybridized carbons (Fsp3) is 0.474. The number of ether oxygens (including phenoxy) is 1. The lowest BCUT2D eigenvalue weighted by atomic mass is 10.2. The van der Waals surface area contributed by atoms with Gasteiger partial charge in [0.15, 0.2) is 0 Å². The molecule has 1 aromatic heterocycles. The summed E-state index contributed by atoms with van der Waals surface area (Å²) in [6.07, 6.45) is 6.29. The first-order valence-corrected chi connectivity index (χ1v) is 8.99. The Labute approximate surface area is 148 Å². The van der Waals surface area contributed by atoms with Crippen molar-refractivity contribution in [3.63, 3.8) is 0 Å². The summed E-state index contributed by atoms with van der Waals surface area (Å²) in [5.41, 5.74) is 1.05. The molecule has 25 heavy (non-hydrogen) atoms. The van der Waals surface area contributed by atoms with Crippen LogP contribution < -0.4 is 15.4 Å². The van der Waals surface area contributed by atoms with Crippen LogP contribution >= 0.6 is 0 Å². The van der Waals surface area contributed by atoms with E-state index in [0.717, 1.165) is 30.8 Å². The minimum absolute atomic E-state index is 0.0898.